The molecule has 8 nitrogen and oxygen atoms in total. The van der Waals surface area contributed by atoms with Gasteiger partial charge in [-0.1, -0.05) is 19.3 Å². The molecule has 0 radical (unpaired) electrons. The highest BCUT2D eigenvalue weighted by molar-refractivity contribution is 7.90. The van der Waals surface area contributed by atoms with Crippen molar-refractivity contribution < 1.29 is 21.6 Å². The number of sulfonamides is 2. The van der Waals surface area contributed by atoms with E-state index in [1.807, 2.05) is 0 Å². The predicted molar refractivity (Wildman–Crippen MR) is 105 cm³/mol. The molecule has 1 saturated heterocycles. The fourth-order valence-electron chi connectivity index (χ4n) is 4.32. The molecule has 0 amide bonds. The number of hydrogen-bond donors (Lipinski definition) is 2. The van der Waals surface area contributed by atoms with Gasteiger partial charge in [-0.15, -0.1) is 0 Å². The van der Waals surface area contributed by atoms with Crippen molar-refractivity contribution in [1.82, 2.24) is 9.03 Å². The van der Waals surface area contributed by atoms with Crippen LogP contribution < -0.4 is 10.0 Å². The number of benzene rings is 1. The van der Waals surface area contributed by atoms with Gasteiger partial charge in [-0.05, 0) is 43.4 Å². The monoisotopic (exact) mass is 429 g/mol. The predicted octanol–water partition coefficient (Wildman–Crippen LogP) is 1.63. The highest BCUT2D eigenvalue weighted by atomic mass is 32.2. The van der Waals surface area contributed by atoms with Crippen molar-refractivity contribution in [2.24, 2.45) is 5.92 Å². The molecular weight excluding hydrogens is 402 g/mol. The standard InChI is InChI=1S/C18H27N3O5S2/c1-13-11-15-17(12-16(13)28(24,25)21-7-9-26-10-8-21)27(22,23)20-18(19-15)14-5-3-2-4-6-14/h11-12,14,18-20H,2-10H2,1H3. The van der Waals surface area contributed by atoms with Gasteiger partial charge in [0.1, 0.15) is 4.90 Å². The number of rotatable bonds is 3. The first-order valence-corrected chi connectivity index (χ1v) is 12.7. The topological polar surface area (TPSA) is 105 Å². The Hall–Kier alpha value is -1.20. The second-order valence-electron chi connectivity index (χ2n) is 7.77. The van der Waals surface area contributed by atoms with Crippen LogP contribution in [-0.4, -0.2) is 53.6 Å². The van der Waals surface area contributed by atoms with Gasteiger partial charge >= 0.3 is 0 Å². The molecular formula is C18H27N3O5S2. The number of hydrogen-bond acceptors (Lipinski definition) is 6. The molecule has 156 valence electrons. The maximum Gasteiger partial charge on any atom is 0.244 e. The molecule has 2 fully saturated rings. The third-order valence-electron chi connectivity index (χ3n) is 5.87. The summed E-state index contributed by atoms with van der Waals surface area (Å²) in [6, 6.07) is 2.94. The second-order valence-corrected chi connectivity index (χ2v) is 11.4. The molecule has 1 atom stereocenters. The first kappa shape index (κ1) is 20.1. The second kappa shape index (κ2) is 7.56. The van der Waals surface area contributed by atoms with E-state index in [0.717, 1.165) is 25.7 Å². The van der Waals surface area contributed by atoms with Crippen LogP contribution >= 0.6 is 0 Å². The summed E-state index contributed by atoms with van der Waals surface area (Å²) in [6.07, 6.45) is 5.02. The number of aryl methyl sites for hydroxylation is 1. The number of nitrogens with one attached hydrogen (secondary N) is 2. The summed E-state index contributed by atoms with van der Waals surface area (Å²) in [4.78, 5) is 0.0356. The van der Waals surface area contributed by atoms with E-state index in [-0.39, 0.29) is 35.0 Å². The smallest absolute Gasteiger partial charge is 0.244 e. The van der Waals surface area contributed by atoms with Crippen LogP contribution in [0.2, 0.25) is 0 Å². The summed E-state index contributed by atoms with van der Waals surface area (Å²) >= 11 is 0. The van der Waals surface area contributed by atoms with Crippen LogP contribution in [0, 0.1) is 12.8 Å². The molecule has 0 spiro atoms. The van der Waals surface area contributed by atoms with Crippen LogP contribution in [0.5, 0.6) is 0 Å². The van der Waals surface area contributed by atoms with Gasteiger partial charge in [-0.3, -0.25) is 0 Å². The molecule has 4 rings (SSSR count). The Kier molecular flexibility index (Phi) is 5.43. The van der Waals surface area contributed by atoms with Crippen molar-refractivity contribution in [3.8, 4) is 0 Å². The van der Waals surface area contributed by atoms with Crippen LogP contribution in [-0.2, 0) is 24.8 Å². The van der Waals surface area contributed by atoms with E-state index in [1.165, 1.54) is 16.8 Å². The lowest BCUT2D eigenvalue weighted by Gasteiger charge is -2.36. The molecule has 2 aliphatic heterocycles. The fraction of sp³-hybridized carbons (Fsp3) is 0.667. The summed E-state index contributed by atoms with van der Waals surface area (Å²) in [5, 5.41) is 3.30. The highest BCUT2D eigenvalue weighted by Gasteiger charge is 2.37. The minimum absolute atomic E-state index is 0.00278. The van der Waals surface area contributed by atoms with E-state index in [2.05, 4.69) is 10.0 Å². The Morgan fingerprint density at radius 1 is 1.11 bits per heavy atom. The zero-order valence-electron chi connectivity index (χ0n) is 16.0. The molecule has 1 aromatic carbocycles. The first-order valence-electron chi connectivity index (χ1n) is 9.80. The number of ether oxygens (including phenoxy) is 1. The number of fused-ring (bicyclic) bond motifs is 1. The van der Waals surface area contributed by atoms with Gasteiger partial charge in [-0.25, -0.2) is 16.8 Å². The minimum atomic E-state index is -3.79. The highest BCUT2D eigenvalue weighted by Crippen LogP contribution is 2.36. The minimum Gasteiger partial charge on any atom is -0.379 e. The molecule has 1 aromatic rings. The van der Waals surface area contributed by atoms with Crippen molar-refractivity contribution in [3.05, 3.63) is 17.7 Å². The quantitative estimate of drug-likeness (QED) is 0.757. The lowest BCUT2D eigenvalue weighted by molar-refractivity contribution is 0.0730. The molecule has 1 aliphatic carbocycles. The largest absolute Gasteiger partial charge is 0.379 e. The number of morpholine rings is 1. The number of nitrogens with zero attached hydrogens (tertiary/aromatic N) is 1. The Balaban J connectivity index is 1.70. The van der Waals surface area contributed by atoms with Crippen molar-refractivity contribution in [2.45, 2.75) is 55.0 Å². The summed E-state index contributed by atoms with van der Waals surface area (Å²) < 4.78 is 61.2. The average molecular weight is 430 g/mol. The average Bonchev–Trinajstić information content (AvgIpc) is 2.68. The Bertz CT molecular complexity index is 950. The van der Waals surface area contributed by atoms with E-state index in [0.29, 0.717) is 24.5 Å². The normalized spacial score (nSPS) is 26.4. The van der Waals surface area contributed by atoms with Crippen molar-refractivity contribution in [3.63, 3.8) is 0 Å². The van der Waals surface area contributed by atoms with Crippen LogP contribution in [0.15, 0.2) is 21.9 Å². The maximum absolute atomic E-state index is 13.1. The van der Waals surface area contributed by atoms with E-state index >= 15 is 0 Å². The molecule has 1 saturated carbocycles. The molecule has 0 bridgehead atoms. The molecule has 28 heavy (non-hydrogen) atoms. The number of anilines is 1. The van der Waals surface area contributed by atoms with Crippen LogP contribution in [0.1, 0.15) is 37.7 Å². The van der Waals surface area contributed by atoms with Gasteiger partial charge in [-0.2, -0.15) is 9.03 Å². The molecule has 10 heteroatoms. The SMILES string of the molecule is Cc1cc2c(cc1S(=O)(=O)N1CCOCC1)S(=O)(=O)NC(C1CCCCC1)N2. The summed E-state index contributed by atoms with van der Waals surface area (Å²) in [5.74, 6) is 0.244. The van der Waals surface area contributed by atoms with Gasteiger partial charge in [0, 0.05) is 13.1 Å². The molecule has 2 heterocycles. The van der Waals surface area contributed by atoms with Gasteiger partial charge in [0.2, 0.25) is 20.0 Å². The maximum atomic E-state index is 13.1. The fourth-order valence-corrected chi connectivity index (χ4v) is 7.43. The summed E-state index contributed by atoms with van der Waals surface area (Å²) in [7, 11) is -7.57. The lowest BCUT2D eigenvalue weighted by atomic mass is 9.87. The molecule has 0 aromatic heterocycles. The lowest BCUT2D eigenvalue weighted by Crippen LogP contribution is -2.49. The molecule has 2 N–H and O–H groups in total. The third kappa shape index (κ3) is 3.68. The van der Waals surface area contributed by atoms with Crippen LogP contribution in [0.4, 0.5) is 5.69 Å². The molecule has 1 unspecified atom stereocenters. The first-order chi connectivity index (χ1) is 13.3. The van der Waals surface area contributed by atoms with Crippen LogP contribution in [0.25, 0.3) is 0 Å². The van der Waals surface area contributed by atoms with E-state index in [1.54, 1.807) is 13.0 Å². The zero-order valence-corrected chi connectivity index (χ0v) is 17.6. The van der Waals surface area contributed by atoms with Gasteiger partial charge in [0.25, 0.3) is 0 Å². The van der Waals surface area contributed by atoms with Crippen LogP contribution in [0.3, 0.4) is 0 Å². The third-order valence-corrected chi connectivity index (χ3v) is 9.39. The van der Waals surface area contributed by atoms with Gasteiger partial charge in [0.15, 0.2) is 0 Å². The Morgan fingerprint density at radius 3 is 2.46 bits per heavy atom. The summed E-state index contributed by atoms with van der Waals surface area (Å²) in [6.45, 7) is 2.93. The van der Waals surface area contributed by atoms with Crippen molar-refractivity contribution in [2.75, 3.05) is 31.6 Å². The van der Waals surface area contributed by atoms with Crippen molar-refractivity contribution in [1.29, 1.82) is 0 Å². The Labute approximate surface area is 166 Å². The van der Waals surface area contributed by atoms with E-state index < -0.39 is 20.0 Å². The van der Waals surface area contributed by atoms with Crippen molar-refractivity contribution >= 4 is 25.7 Å². The zero-order chi connectivity index (χ0) is 19.9. The molecule has 3 aliphatic rings. The Morgan fingerprint density at radius 2 is 1.79 bits per heavy atom. The summed E-state index contributed by atoms with van der Waals surface area (Å²) in [5.41, 5.74) is 1.02. The van der Waals surface area contributed by atoms with E-state index in [9.17, 15) is 16.8 Å². The van der Waals surface area contributed by atoms with Gasteiger partial charge in [0.05, 0.1) is 30.0 Å². The van der Waals surface area contributed by atoms with E-state index in [4.69, 9.17) is 4.74 Å². The van der Waals surface area contributed by atoms with Gasteiger partial charge < -0.3 is 10.1 Å².